The molecule has 0 aliphatic heterocycles. The molecule has 0 unspecified atom stereocenters. The highest BCUT2D eigenvalue weighted by atomic mass is 32.2. The average Bonchev–Trinajstić information content (AvgIpc) is 2.71. The molecule has 8 heteroatoms. The highest BCUT2D eigenvalue weighted by Crippen LogP contribution is 2.23. The van der Waals surface area contributed by atoms with Gasteiger partial charge in [0.15, 0.2) is 6.10 Å². The summed E-state index contributed by atoms with van der Waals surface area (Å²) >= 11 is 0. The molecule has 2 rings (SSSR count). The molecule has 0 spiro atoms. The number of sulfonamides is 1. The van der Waals surface area contributed by atoms with Crippen LogP contribution in [0.1, 0.15) is 36.2 Å². The Labute approximate surface area is 171 Å². The minimum absolute atomic E-state index is 0.181. The van der Waals surface area contributed by atoms with Gasteiger partial charge in [0.25, 0.3) is 15.9 Å². The van der Waals surface area contributed by atoms with E-state index >= 15 is 0 Å². The van der Waals surface area contributed by atoms with Gasteiger partial charge < -0.3 is 10.1 Å². The lowest BCUT2D eigenvalue weighted by molar-refractivity contribution is -0.129. The summed E-state index contributed by atoms with van der Waals surface area (Å²) < 4.78 is 31.8. The van der Waals surface area contributed by atoms with Crippen LogP contribution in [0.5, 0.6) is 0 Å². The van der Waals surface area contributed by atoms with Gasteiger partial charge in [-0.1, -0.05) is 24.6 Å². The molecule has 2 aromatic rings. The van der Waals surface area contributed by atoms with Crippen molar-refractivity contribution in [2.75, 3.05) is 17.9 Å². The van der Waals surface area contributed by atoms with Crippen LogP contribution in [0.2, 0.25) is 0 Å². The number of benzene rings is 2. The SMILES string of the molecule is CCCNC(=O)[C@@H](C)OC(=O)c1ccc(N(C)S(=O)(=O)c2ccc(C)cc2)cc1. The largest absolute Gasteiger partial charge is 0.449 e. The maximum Gasteiger partial charge on any atom is 0.338 e. The summed E-state index contributed by atoms with van der Waals surface area (Å²) in [5.74, 6) is -1.01. The van der Waals surface area contributed by atoms with Gasteiger partial charge in [0.05, 0.1) is 16.1 Å². The topological polar surface area (TPSA) is 92.8 Å². The highest BCUT2D eigenvalue weighted by Gasteiger charge is 2.22. The number of carbonyl (C=O) groups excluding carboxylic acids is 2. The summed E-state index contributed by atoms with van der Waals surface area (Å²) in [6, 6.07) is 12.5. The molecule has 7 nitrogen and oxygen atoms in total. The van der Waals surface area contributed by atoms with Gasteiger partial charge in [-0.2, -0.15) is 0 Å². The van der Waals surface area contributed by atoms with Crippen molar-refractivity contribution in [3.63, 3.8) is 0 Å². The Bertz CT molecular complexity index is 954. The van der Waals surface area contributed by atoms with Gasteiger partial charge in [-0.25, -0.2) is 13.2 Å². The highest BCUT2D eigenvalue weighted by molar-refractivity contribution is 7.92. The molecule has 29 heavy (non-hydrogen) atoms. The fourth-order valence-corrected chi connectivity index (χ4v) is 3.68. The summed E-state index contributed by atoms with van der Waals surface area (Å²) in [4.78, 5) is 24.2. The molecular weight excluding hydrogens is 392 g/mol. The molecule has 2 aromatic carbocycles. The number of aryl methyl sites for hydroxylation is 1. The first-order chi connectivity index (χ1) is 13.7. The zero-order chi connectivity index (χ0) is 21.6. The quantitative estimate of drug-likeness (QED) is 0.666. The number of nitrogens with zero attached hydrogens (tertiary/aromatic N) is 1. The smallest absolute Gasteiger partial charge is 0.338 e. The van der Waals surface area contributed by atoms with Crippen molar-refractivity contribution < 1.29 is 22.7 Å². The number of hydrogen-bond donors (Lipinski definition) is 1. The van der Waals surface area contributed by atoms with Gasteiger partial charge in [-0.3, -0.25) is 9.10 Å². The van der Waals surface area contributed by atoms with Gasteiger partial charge in [-0.15, -0.1) is 0 Å². The van der Waals surface area contributed by atoms with Crippen LogP contribution in [-0.2, 0) is 19.6 Å². The van der Waals surface area contributed by atoms with Gasteiger partial charge in [0, 0.05) is 13.6 Å². The van der Waals surface area contributed by atoms with Crippen LogP contribution in [0.25, 0.3) is 0 Å². The van der Waals surface area contributed by atoms with E-state index in [-0.39, 0.29) is 16.4 Å². The van der Waals surface area contributed by atoms with Gasteiger partial charge in [0.2, 0.25) is 0 Å². The maximum absolute atomic E-state index is 12.8. The van der Waals surface area contributed by atoms with E-state index in [2.05, 4.69) is 5.32 Å². The summed E-state index contributed by atoms with van der Waals surface area (Å²) in [5, 5.41) is 2.66. The lowest BCUT2D eigenvalue weighted by Crippen LogP contribution is -2.36. The molecule has 0 bridgehead atoms. The minimum atomic E-state index is -3.72. The molecule has 156 valence electrons. The van der Waals surface area contributed by atoms with Crippen molar-refractivity contribution in [2.24, 2.45) is 0 Å². The van der Waals surface area contributed by atoms with Crippen molar-refractivity contribution in [1.29, 1.82) is 0 Å². The summed E-state index contributed by atoms with van der Waals surface area (Å²) in [6.07, 6.45) is -0.134. The van der Waals surface area contributed by atoms with Crippen molar-refractivity contribution in [2.45, 2.75) is 38.2 Å². The molecule has 0 aromatic heterocycles. The van der Waals surface area contributed by atoms with Crippen LogP contribution < -0.4 is 9.62 Å². The van der Waals surface area contributed by atoms with Crippen LogP contribution in [0.15, 0.2) is 53.4 Å². The Morgan fingerprint density at radius 2 is 1.66 bits per heavy atom. The van der Waals surface area contributed by atoms with Crippen molar-refractivity contribution in [3.05, 3.63) is 59.7 Å². The number of amides is 1. The van der Waals surface area contributed by atoms with E-state index in [1.165, 1.54) is 38.2 Å². The molecule has 0 saturated heterocycles. The fourth-order valence-electron chi connectivity index (χ4n) is 2.49. The van der Waals surface area contributed by atoms with Gasteiger partial charge >= 0.3 is 5.97 Å². The molecule has 0 saturated carbocycles. The third kappa shape index (κ3) is 5.57. The maximum atomic E-state index is 12.8. The second-order valence-electron chi connectivity index (χ2n) is 6.67. The predicted octanol–water partition coefficient (Wildman–Crippen LogP) is 2.89. The Kier molecular flexibility index (Phi) is 7.39. The first kappa shape index (κ1) is 22.4. The van der Waals surface area contributed by atoms with E-state index in [1.54, 1.807) is 24.3 Å². The molecule has 0 radical (unpaired) electrons. The van der Waals surface area contributed by atoms with E-state index in [1.807, 2.05) is 13.8 Å². The number of ether oxygens (including phenoxy) is 1. The van der Waals surface area contributed by atoms with Crippen molar-refractivity contribution in [1.82, 2.24) is 5.32 Å². The van der Waals surface area contributed by atoms with Crippen LogP contribution in [0.3, 0.4) is 0 Å². The number of carbonyl (C=O) groups is 2. The summed E-state index contributed by atoms with van der Waals surface area (Å²) in [5.41, 5.74) is 1.59. The van der Waals surface area contributed by atoms with Crippen molar-refractivity contribution >= 4 is 27.6 Å². The number of anilines is 1. The first-order valence-electron chi connectivity index (χ1n) is 9.31. The minimum Gasteiger partial charge on any atom is -0.449 e. The van der Waals surface area contributed by atoms with Gasteiger partial charge in [0.1, 0.15) is 0 Å². The second kappa shape index (κ2) is 9.56. The number of nitrogens with one attached hydrogen (secondary N) is 1. The molecule has 1 N–H and O–H groups in total. The summed E-state index contributed by atoms with van der Waals surface area (Å²) in [7, 11) is -2.27. The lowest BCUT2D eigenvalue weighted by atomic mass is 10.2. The molecule has 0 aliphatic carbocycles. The first-order valence-corrected chi connectivity index (χ1v) is 10.7. The normalized spacial score (nSPS) is 12.1. The molecular formula is C21H26N2O5S. The van der Waals surface area contributed by atoms with E-state index in [4.69, 9.17) is 4.74 Å². The molecule has 0 aliphatic rings. The van der Waals surface area contributed by atoms with Crippen LogP contribution in [0.4, 0.5) is 5.69 Å². The predicted molar refractivity (Wildman–Crippen MR) is 111 cm³/mol. The standard InChI is InChI=1S/C21H26N2O5S/c1-5-14-22-20(24)16(3)28-21(25)17-8-10-18(11-9-17)23(4)29(26,27)19-12-6-15(2)7-13-19/h6-13,16H,5,14H2,1-4H3,(H,22,24)/t16-/m1/s1. The van der Waals surface area contributed by atoms with E-state index in [0.717, 1.165) is 16.3 Å². The van der Waals surface area contributed by atoms with Crippen molar-refractivity contribution in [3.8, 4) is 0 Å². The third-order valence-electron chi connectivity index (χ3n) is 4.35. The zero-order valence-electron chi connectivity index (χ0n) is 17.0. The monoisotopic (exact) mass is 418 g/mol. The average molecular weight is 419 g/mol. The number of esters is 1. The summed E-state index contributed by atoms with van der Waals surface area (Å²) in [6.45, 7) is 5.82. The molecule has 1 atom stereocenters. The third-order valence-corrected chi connectivity index (χ3v) is 6.15. The van der Waals surface area contributed by atoms with Crippen LogP contribution >= 0.6 is 0 Å². The Balaban J connectivity index is 2.10. The Morgan fingerprint density at radius 1 is 1.07 bits per heavy atom. The molecule has 0 heterocycles. The second-order valence-corrected chi connectivity index (χ2v) is 8.64. The fraction of sp³-hybridized carbons (Fsp3) is 0.333. The lowest BCUT2D eigenvalue weighted by Gasteiger charge is -2.20. The van der Waals surface area contributed by atoms with E-state index in [0.29, 0.717) is 12.2 Å². The van der Waals surface area contributed by atoms with E-state index < -0.39 is 22.1 Å². The molecule has 1 amide bonds. The Hall–Kier alpha value is -2.87. The van der Waals surface area contributed by atoms with Crippen LogP contribution in [0, 0.1) is 6.92 Å². The zero-order valence-corrected chi connectivity index (χ0v) is 17.8. The molecule has 0 fully saturated rings. The number of hydrogen-bond acceptors (Lipinski definition) is 5. The number of rotatable bonds is 8. The Morgan fingerprint density at radius 3 is 2.21 bits per heavy atom. The van der Waals surface area contributed by atoms with Gasteiger partial charge in [-0.05, 0) is 56.7 Å². The van der Waals surface area contributed by atoms with E-state index in [9.17, 15) is 18.0 Å². The van der Waals surface area contributed by atoms with Crippen LogP contribution in [-0.4, -0.2) is 40.0 Å².